The first-order valence-corrected chi connectivity index (χ1v) is 6.46. The van der Waals surface area contributed by atoms with Gasteiger partial charge in [-0.15, -0.1) is 0 Å². The molecule has 0 saturated carbocycles. The predicted octanol–water partition coefficient (Wildman–Crippen LogP) is 4.74. The standard InChI is InChI=1S/C12H10Cl3N3/c1-2-10-11(15)16-6-17-12(10)18-9-4-7(13)3-8(14)5-9/h3-6H,2H2,1H3,(H,16,17,18). The summed E-state index contributed by atoms with van der Waals surface area (Å²) < 4.78 is 0. The van der Waals surface area contributed by atoms with Crippen molar-refractivity contribution in [2.45, 2.75) is 13.3 Å². The van der Waals surface area contributed by atoms with E-state index in [0.717, 1.165) is 17.7 Å². The maximum atomic E-state index is 6.02. The lowest BCUT2D eigenvalue weighted by molar-refractivity contribution is 1.05. The van der Waals surface area contributed by atoms with Gasteiger partial charge in [0.05, 0.1) is 0 Å². The highest BCUT2D eigenvalue weighted by Crippen LogP contribution is 2.27. The van der Waals surface area contributed by atoms with Crippen molar-refractivity contribution >= 4 is 46.3 Å². The second-order valence-electron chi connectivity index (χ2n) is 3.63. The molecule has 0 atom stereocenters. The van der Waals surface area contributed by atoms with Crippen LogP contribution in [0.2, 0.25) is 15.2 Å². The van der Waals surface area contributed by atoms with Crippen LogP contribution >= 0.6 is 34.8 Å². The molecule has 18 heavy (non-hydrogen) atoms. The molecule has 0 aliphatic rings. The molecular formula is C12H10Cl3N3. The maximum absolute atomic E-state index is 6.02. The minimum absolute atomic E-state index is 0.447. The number of aromatic nitrogens is 2. The number of hydrogen-bond acceptors (Lipinski definition) is 3. The largest absolute Gasteiger partial charge is 0.340 e. The number of anilines is 2. The van der Waals surface area contributed by atoms with Crippen LogP contribution in [-0.2, 0) is 6.42 Å². The van der Waals surface area contributed by atoms with E-state index in [1.807, 2.05) is 6.92 Å². The molecule has 2 rings (SSSR count). The van der Waals surface area contributed by atoms with Gasteiger partial charge in [-0.1, -0.05) is 41.7 Å². The summed E-state index contributed by atoms with van der Waals surface area (Å²) in [4.78, 5) is 8.12. The predicted molar refractivity (Wildman–Crippen MR) is 76.2 cm³/mol. The van der Waals surface area contributed by atoms with E-state index in [-0.39, 0.29) is 0 Å². The molecule has 0 aliphatic carbocycles. The highest BCUT2D eigenvalue weighted by molar-refractivity contribution is 6.35. The van der Waals surface area contributed by atoms with E-state index < -0.39 is 0 Å². The average Bonchev–Trinajstić information content (AvgIpc) is 2.27. The van der Waals surface area contributed by atoms with Crippen LogP contribution in [0.1, 0.15) is 12.5 Å². The lowest BCUT2D eigenvalue weighted by Crippen LogP contribution is -2.00. The van der Waals surface area contributed by atoms with Gasteiger partial charge in [0, 0.05) is 21.3 Å². The zero-order chi connectivity index (χ0) is 13.1. The first-order valence-electron chi connectivity index (χ1n) is 5.32. The van der Waals surface area contributed by atoms with Crippen molar-refractivity contribution in [2.75, 3.05) is 5.32 Å². The Morgan fingerprint density at radius 2 is 1.72 bits per heavy atom. The summed E-state index contributed by atoms with van der Waals surface area (Å²) in [6, 6.07) is 5.20. The summed E-state index contributed by atoms with van der Waals surface area (Å²) in [7, 11) is 0. The van der Waals surface area contributed by atoms with E-state index in [2.05, 4.69) is 15.3 Å². The topological polar surface area (TPSA) is 37.8 Å². The van der Waals surface area contributed by atoms with Crippen molar-refractivity contribution in [1.82, 2.24) is 9.97 Å². The molecule has 2 aromatic rings. The van der Waals surface area contributed by atoms with Gasteiger partial charge < -0.3 is 5.32 Å². The summed E-state index contributed by atoms with van der Waals surface area (Å²) in [6.07, 6.45) is 2.15. The normalized spacial score (nSPS) is 10.4. The molecule has 0 spiro atoms. The molecule has 0 saturated heterocycles. The minimum atomic E-state index is 0.447. The molecule has 1 aromatic carbocycles. The molecule has 1 N–H and O–H groups in total. The van der Waals surface area contributed by atoms with Crippen LogP contribution in [0.4, 0.5) is 11.5 Å². The average molecular weight is 303 g/mol. The van der Waals surface area contributed by atoms with E-state index in [9.17, 15) is 0 Å². The molecular weight excluding hydrogens is 293 g/mol. The molecule has 0 bridgehead atoms. The minimum Gasteiger partial charge on any atom is -0.340 e. The van der Waals surface area contributed by atoms with Crippen molar-refractivity contribution in [2.24, 2.45) is 0 Å². The lowest BCUT2D eigenvalue weighted by atomic mass is 10.2. The van der Waals surface area contributed by atoms with Crippen LogP contribution in [0.5, 0.6) is 0 Å². The molecule has 0 fully saturated rings. The summed E-state index contributed by atoms with van der Waals surface area (Å²) in [5.74, 6) is 0.663. The Morgan fingerprint density at radius 1 is 1.06 bits per heavy atom. The third kappa shape index (κ3) is 3.05. The van der Waals surface area contributed by atoms with Crippen molar-refractivity contribution in [3.63, 3.8) is 0 Å². The van der Waals surface area contributed by atoms with E-state index in [4.69, 9.17) is 34.8 Å². The smallest absolute Gasteiger partial charge is 0.138 e. The third-order valence-electron chi connectivity index (χ3n) is 2.37. The van der Waals surface area contributed by atoms with Gasteiger partial charge in [-0.25, -0.2) is 9.97 Å². The van der Waals surface area contributed by atoms with Crippen molar-refractivity contribution in [3.8, 4) is 0 Å². The zero-order valence-corrected chi connectivity index (χ0v) is 11.8. The molecule has 6 heteroatoms. The highest BCUT2D eigenvalue weighted by atomic mass is 35.5. The molecule has 1 heterocycles. The molecule has 0 amide bonds. The molecule has 1 aromatic heterocycles. The summed E-state index contributed by atoms with van der Waals surface area (Å²) in [5.41, 5.74) is 1.62. The van der Waals surface area contributed by atoms with E-state index in [1.54, 1.807) is 18.2 Å². The fourth-order valence-corrected chi connectivity index (χ4v) is 2.37. The van der Waals surface area contributed by atoms with Crippen LogP contribution in [0.3, 0.4) is 0 Å². The van der Waals surface area contributed by atoms with Gasteiger partial charge in [0.1, 0.15) is 17.3 Å². The van der Waals surface area contributed by atoms with E-state index in [1.165, 1.54) is 6.33 Å². The number of nitrogens with zero attached hydrogens (tertiary/aromatic N) is 2. The van der Waals surface area contributed by atoms with Crippen LogP contribution in [0.15, 0.2) is 24.5 Å². The van der Waals surface area contributed by atoms with Crippen molar-refractivity contribution in [1.29, 1.82) is 0 Å². The number of hydrogen-bond donors (Lipinski definition) is 1. The monoisotopic (exact) mass is 301 g/mol. The van der Waals surface area contributed by atoms with Gasteiger partial charge in [0.25, 0.3) is 0 Å². The number of nitrogens with one attached hydrogen (secondary N) is 1. The quantitative estimate of drug-likeness (QED) is 0.832. The lowest BCUT2D eigenvalue weighted by Gasteiger charge is -2.11. The molecule has 0 unspecified atom stereocenters. The summed E-state index contributed by atoms with van der Waals surface area (Å²) in [6.45, 7) is 1.99. The fourth-order valence-electron chi connectivity index (χ4n) is 1.57. The van der Waals surface area contributed by atoms with Gasteiger partial charge in [-0.3, -0.25) is 0 Å². The van der Waals surface area contributed by atoms with Crippen LogP contribution in [-0.4, -0.2) is 9.97 Å². The van der Waals surface area contributed by atoms with Crippen molar-refractivity contribution < 1.29 is 0 Å². The Morgan fingerprint density at radius 3 is 2.33 bits per heavy atom. The van der Waals surface area contributed by atoms with E-state index >= 15 is 0 Å². The van der Waals surface area contributed by atoms with Gasteiger partial charge in [0.15, 0.2) is 0 Å². The molecule has 94 valence electrons. The van der Waals surface area contributed by atoms with Gasteiger partial charge >= 0.3 is 0 Å². The Balaban J connectivity index is 2.36. The highest BCUT2D eigenvalue weighted by Gasteiger charge is 2.08. The van der Waals surface area contributed by atoms with Crippen LogP contribution in [0, 0.1) is 0 Å². The van der Waals surface area contributed by atoms with Gasteiger partial charge in [0.2, 0.25) is 0 Å². The maximum Gasteiger partial charge on any atom is 0.138 e. The number of rotatable bonds is 3. The second-order valence-corrected chi connectivity index (χ2v) is 4.86. The second kappa shape index (κ2) is 5.74. The Labute approximate surface area is 120 Å². The van der Waals surface area contributed by atoms with Gasteiger partial charge in [-0.05, 0) is 24.6 Å². The van der Waals surface area contributed by atoms with Gasteiger partial charge in [-0.2, -0.15) is 0 Å². The molecule has 0 aliphatic heterocycles. The van der Waals surface area contributed by atoms with Crippen molar-refractivity contribution in [3.05, 3.63) is 45.3 Å². The zero-order valence-electron chi connectivity index (χ0n) is 9.54. The fraction of sp³-hybridized carbons (Fsp3) is 0.167. The number of halogens is 3. The first-order chi connectivity index (χ1) is 8.60. The summed E-state index contributed by atoms with van der Waals surface area (Å²) >= 11 is 17.9. The number of benzene rings is 1. The molecule has 3 nitrogen and oxygen atoms in total. The SMILES string of the molecule is CCc1c(Cl)ncnc1Nc1cc(Cl)cc(Cl)c1. The third-order valence-corrected chi connectivity index (χ3v) is 3.13. The first kappa shape index (κ1) is 13.4. The van der Waals surface area contributed by atoms with E-state index in [0.29, 0.717) is 21.0 Å². The van der Waals surface area contributed by atoms with Crippen LogP contribution in [0.25, 0.3) is 0 Å². The Kier molecular flexibility index (Phi) is 4.27. The Bertz CT molecular complexity index is 552. The summed E-state index contributed by atoms with van der Waals surface area (Å²) in [5, 5.41) is 4.71. The van der Waals surface area contributed by atoms with Crippen LogP contribution < -0.4 is 5.32 Å². The molecule has 0 radical (unpaired) electrons. The Hall–Kier alpha value is -1.03.